The van der Waals surface area contributed by atoms with Crippen molar-refractivity contribution in [2.24, 2.45) is 0 Å². The van der Waals surface area contributed by atoms with E-state index in [9.17, 15) is 4.79 Å². The Morgan fingerprint density at radius 3 is 2.90 bits per heavy atom. The minimum atomic E-state index is -0.215. The number of ether oxygens (including phenoxy) is 2. The molecule has 1 N–H and O–H groups in total. The SMILES string of the molecule is Cc1ccc2[nH]cc(C(=O)CN(C)CC3OCCO3)c2c1. The molecule has 0 unspecified atom stereocenters. The van der Waals surface area contributed by atoms with Crippen molar-refractivity contribution < 1.29 is 14.3 Å². The molecule has 21 heavy (non-hydrogen) atoms. The number of nitrogens with one attached hydrogen (secondary N) is 1. The van der Waals surface area contributed by atoms with Crippen LogP contribution >= 0.6 is 0 Å². The minimum absolute atomic E-state index is 0.104. The maximum absolute atomic E-state index is 12.5. The number of carbonyl (C=O) groups is 1. The monoisotopic (exact) mass is 288 g/mol. The van der Waals surface area contributed by atoms with E-state index in [1.807, 2.05) is 37.1 Å². The molecule has 0 amide bonds. The van der Waals surface area contributed by atoms with Crippen molar-refractivity contribution >= 4 is 16.7 Å². The summed E-state index contributed by atoms with van der Waals surface area (Å²) >= 11 is 0. The van der Waals surface area contributed by atoms with Crippen LogP contribution in [0, 0.1) is 6.92 Å². The molecule has 2 aromatic rings. The Balaban J connectivity index is 1.70. The molecule has 0 saturated carbocycles. The second kappa shape index (κ2) is 5.97. The topological polar surface area (TPSA) is 54.6 Å². The van der Waals surface area contributed by atoms with Crippen LogP contribution in [0.4, 0.5) is 0 Å². The number of fused-ring (bicyclic) bond motifs is 1. The Hall–Kier alpha value is -1.69. The Morgan fingerprint density at radius 2 is 2.14 bits per heavy atom. The van der Waals surface area contributed by atoms with Gasteiger partial charge in [-0.2, -0.15) is 0 Å². The average molecular weight is 288 g/mol. The number of likely N-dealkylation sites (N-methyl/N-ethyl adjacent to an activating group) is 1. The molecule has 0 spiro atoms. The van der Waals surface area contributed by atoms with E-state index in [1.165, 1.54) is 0 Å². The summed E-state index contributed by atoms with van der Waals surface area (Å²) in [6, 6.07) is 6.08. The maximum atomic E-state index is 12.5. The average Bonchev–Trinajstić information content (AvgIpc) is 3.07. The largest absolute Gasteiger partial charge is 0.360 e. The first-order valence-corrected chi connectivity index (χ1v) is 7.16. The number of H-pyrrole nitrogens is 1. The number of nitrogens with zero attached hydrogens (tertiary/aromatic N) is 1. The highest BCUT2D eigenvalue weighted by Crippen LogP contribution is 2.20. The quantitative estimate of drug-likeness (QED) is 0.855. The van der Waals surface area contributed by atoms with Crippen LogP contribution in [0.5, 0.6) is 0 Å². The predicted octanol–water partition coefficient (Wildman–Crippen LogP) is 1.96. The van der Waals surface area contributed by atoms with E-state index in [0.29, 0.717) is 26.3 Å². The zero-order chi connectivity index (χ0) is 14.8. The molecule has 0 aliphatic carbocycles. The molecule has 112 valence electrons. The Labute approximate surface area is 123 Å². The first-order chi connectivity index (χ1) is 10.1. The molecule has 1 aliphatic heterocycles. The van der Waals surface area contributed by atoms with Gasteiger partial charge >= 0.3 is 0 Å². The Morgan fingerprint density at radius 1 is 1.38 bits per heavy atom. The maximum Gasteiger partial charge on any atom is 0.178 e. The highest BCUT2D eigenvalue weighted by Gasteiger charge is 2.20. The highest BCUT2D eigenvalue weighted by molar-refractivity contribution is 6.08. The van der Waals surface area contributed by atoms with Gasteiger partial charge in [0.25, 0.3) is 0 Å². The fourth-order valence-corrected chi connectivity index (χ4v) is 2.63. The molecule has 2 heterocycles. The van der Waals surface area contributed by atoms with Gasteiger partial charge in [0.2, 0.25) is 0 Å². The summed E-state index contributed by atoms with van der Waals surface area (Å²) in [6.07, 6.45) is 1.58. The van der Waals surface area contributed by atoms with E-state index in [2.05, 4.69) is 4.98 Å². The molecule has 5 nitrogen and oxygen atoms in total. The second-order valence-electron chi connectivity index (χ2n) is 5.54. The Bertz CT molecular complexity index is 644. The van der Waals surface area contributed by atoms with Crippen molar-refractivity contribution in [3.8, 4) is 0 Å². The lowest BCUT2D eigenvalue weighted by molar-refractivity contribution is -0.0569. The molecule has 1 aromatic carbocycles. The van der Waals surface area contributed by atoms with Crippen LogP contribution in [0.3, 0.4) is 0 Å². The van der Waals surface area contributed by atoms with Gasteiger partial charge in [-0.3, -0.25) is 9.69 Å². The van der Waals surface area contributed by atoms with Gasteiger partial charge in [0, 0.05) is 29.2 Å². The van der Waals surface area contributed by atoms with E-state index in [4.69, 9.17) is 9.47 Å². The summed E-state index contributed by atoms with van der Waals surface area (Å²) < 4.78 is 10.8. The summed E-state index contributed by atoms with van der Waals surface area (Å²) in [5, 5.41) is 0.988. The van der Waals surface area contributed by atoms with E-state index in [1.54, 1.807) is 6.20 Å². The zero-order valence-electron chi connectivity index (χ0n) is 12.4. The van der Waals surface area contributed by atoms with Crippen LogP contribution in [0.15, 0.2) is 24.4 Å². The Kier molecular flexibility index (Phi) is 4.05. The zero-order valence-corrected chi connectivity index (χ0v) is 12.4. The van der Waals surface area contributed by atoms with Crippen LogP contribution in [0.1, 0.15) is 15.9 Å². The van der Waals surface area contributed by atoms with Gasteiger partial charge < -0.3 is 14.5 Å². The summed E-state index contributed by atoms with van der Waals surface area (Å²) in [6.45, 7) is 4.25. The van der Waals surface area contributed by atoms with Gasteiger partial charge in [-0.15, -0.1) is 0 Å². The third kappa shape index (κ3) is 3.15. The predicted molar refractivity (Wildman–Crippen MR) is 80.6 cm³/mol. The molecule has 0 radical (unpaired) electrons. The van der Waals surface area contributed by atoms with Crippen molar-refractivity contribution in [3.63, 3.8) is 0 Å². The summed E-state index contributed by atoms with van der Waals surface area (Å²) in [5.41, 5.74) is 2.89. The third-order valence-electron chi connectivity index (χ3n) is 3.70. The lowest BCUT2D eigenvalue weighted by atomic mass is 10.1. The van der Waals surface area contributed by atoms with E-state index < -0.39 is 0 Å². The minimum Gasteiger partial charge on any atom is -0.360 e. The molecular weight excluding hydrogens is 268 g/mol. The standard InChI is InChI=1S/C16H20N2O3/c1-11-3-4-14-12(7-11)13(8-17-14)15(19)9-18(2)10-16-20-5-6-21-16/h3-4,7-8,16-17H,5-6,9-10H2,1-2H3. The third-order valence-corrected chi connectivity index (χ3v) is 3.70. The number of hydrogen-bond donors (Lipinski definition) is 1. The number of carbonyl (C=O) groups excluding carboxylic acids is 1. The molecule has 1 saturated heterocycles. The van der Waals surface area contributed by atoms with Crippen molar-refractivity contribution in [2.75, 3.05) is 33.4 Å². The van der Waals surface area contributed by atoms with E-state index in [0.717, 1.165) is 22.0 Å². The highest BCUT2D eigenvalue weighted by atomic mass is 16.7. The van der Waals surface area contributed by atoms with Crippen LogP contribution in [-0.2, 0) is 9.47 Å². The number of Topliss-reactive ketones (excluding diaryl/α,β-unsaturated/α-hetero) is 1. The first-order valence-electron chi connectivity index (χ1n) is 7.16. The molecule has 3 rings (SSSR count). The lowest BCUT2D eigenvalue weighted by Crippen LogP contribution is -2.33. The van der Waals surface area contributed by atoms with Crippen LogP contribution in [0.2, 0.25) is 0 Å². The number of benzene rings is 1. The van der Waals surface area contributed by atoms with Gasteiger partial charge in [0.05, 0.1) is 19.8 Å². The van der Waals surface area contributed by atoms with Crippen molar-refractivity contribution in [3.05, 3.63) is 35.5 Å². The van der Waals surface area contributed by atoms with Crippen molar-refractivity contribution in [1.82, 2.24) is 9.88 Å². The van der Waals surface area contributed by atoms with Crippen LogP contribution in [-0.4, -0.2) is 55.3 Å². The van der Waals surface area contributed by atoms with Crippen LogP contribution < -0.4 is 0 Å². The van der Waals surface area contributed by atoms with E-state index >= 15 is 0 Å². The molecule has 0 atom stereocenters. The molecule has 1 aromatic heterocycles. The summed E-state index contributed by atoms with van der Waals surface area (Å²) in [7, 11) is 1.91. The molecule has 5 heteroatoms. The number of aryl methyl sites for hydroxylation is 1. The fraction of sp³-hybridized carbons (Fsp3) is 0.438. The van der Waals surface area contributed by atoms with Crippen LogP contribution in [0.25, 0.3) is 10.9 Å². The van der Waals surface area contributed by atoms with E-state index in [-0.39, 0.29) is 12.1 Å². The van der Waals surface area contributed by atoms with Gasteiger partial charge in [0.15, 0.2) is 12.1 Å². The molecule has 1 fully saturated rings. The number of aromatic amines is 1. The van der Waals surface area contributed by atoms with Gasteiger partial charge in [-0.05, 0) is 26.1 Å². The molecular formula is C16H20N2O3. The lowest BCUT2D eigenvalue weighted by Gasteiger charge is -2.18. The normalized spacial score (nSPS) is 16.1. The first kappa shape index (κ1) is 14.3. The second-order valence-corrected chi connectivity index (χ2v) is 5.54. The van der Waals surface area contributed by atoms with Gasteiger partial charge in [-0.1, -0.05) is 11.6 Å². The summed E-state index contributed by atoms with van der Waals surface area (Å²) in [5.74, 6) is 0.104. The number of rotatable bonds is 5. The number of ketones is 1. The van der Waals surface area contributed by atoms with Gasteiger partial charge in [-0.25, -0.2) is 0 Å². The smallest absolute Gasteiger partial charge is 0.178 e. The number of hydrogen-bond acceptors (Lipinski definition) is 4. The number of aromatic nitrogens is 1. The molecule has 0 bridgehead atoms. The summed E-state index contributed by atoms with van der Waals surface area (Å²) in [4.78, 5) is 17.6. The molecule has 1 aliphatic rings. The van der Waals surface area contributed by atoms with Crippen molar-refractivity contribution in [1.29, 1.82) is 0 Å². The van der Waals surface area contributed by atoms with Crippen molar-refractivity contribution in [2.45, 2.75) is 13.2 Å². The fourth-order valence-electron chi connectivity index (χ4n) is 2.63. The van der Waals surface area contributed by atoms with Gasteiger partial charge in [0.1, 0.15) is 0 Å².